The second-order valence-electron chi connectivity index (χ2n) is 5.59. The van der Waals surface area contributed by atoms with E-state index in [2.05, 4.69) is 59.8 Å². The highest BCUT2D eigenvalue weighted by atomic mass is 127. The Bertz CT molecular complexity index is 1040. The second-order valence-corrected chi connectivity index (χ2v) is 8.87. The molecule has 0 aliphatic carbocycles. The average molecular weight is 619 g/mol. The molecule has 0 saturated heterocycles. The summed E-state index contributed by atoms with van der Waals surface area (Å²) in [7, 11) is 0. The van der Waals surface area contributed by atoms with E-state index in [1.807, 2.05) is 12.1 Å². The molecule has 1 amide bonds. The Labute approximate surface area is 191 Å². The lowest BCUT2D eigenvalue weighted by Gasteiger charge is -2.13. The summed E-state index contributed by atoms with van der Waals surface area (Å²) in [5, 5.41) is 3.26. The predicted molar refractivity (Wildman–Crippen MR) is 124 cm³/mol. The summed E-state index contributed by atoms with van der Waals surface area (Å²) in [4.78, 5) is 25.7. The molecule has 3 rings (SSSR count). The van der Waals surface area contributed by atoms with Crippen LogP contribution < -0.4 is 5.32 Å². The van der Waals surface area contributed by atoms with Gasteiger partial charge in [-0.05, 0) is 68.9 Å². The highest BCUT2D eigenvalue weighted by Gasteiger charge is 2.19. The predicted octanol–water partition coefficient (Wildman–Crippen LogP) is 6.95. The summed E-state index contributed by atoms with van der Waals surface area (Å²) in [6.07, 6.45) is 0. The number of halogens is 4. The lowest BCUT2D eigenvalue weighted by atomic mass is 10.0. The van der Waals surface area contributed by atoms with Crippen LogP contribution in [0.3, 0.4) is 0 Å². The quantitative estimate of drug-likeness (QED) is 0.195. The van der Waals surface area contributed by atoms with Crippen LogP contribution in [-0.2, 0) is 0 Å². The van der Waals surface area contributed by atoms with Crippen LogP contribution in [0.15, 0.2) is 69.6 Å². The zero-order valence-electron chi connectivity index (χ0n) is 13.6. The molecule has 27 heavy (non-hydrogen) atoms. The first kappa shape index (κ1) is 20.5. The first-order valence-electron chi connectivity index (χ1n) is 7.72. The van der Waals surface area contributed by atoms with Crippen molar-refractivity contribution in [3.63, 3.8) is 0 Å². The molecule has 136 valence electrons. The zero-order chi connectivity index (χ0) is 19.6. The Morgan fingerprint density at radius 1 is 0.926 bits per heavy atom. The second kappa shape index (κ2) is 8.86. The van der Waals surface area contributed by atoms with Crippen LogP contribution in [0, 0.1) is 3.57 Å². The fourth-order valence-corrected chi connectivity index (χ4v) is 4.42. The smallest absolute Gasteiger partial charge is 0.256 e. The third-order valence-electron chi connectivity index (χ3n) is 3.75. The number of benzene rings is 3. The average Bonchev–Trinajstić information content (AvgIpc) is 2.66. The molecule has 0 saturated carbocycles. The normalized spacial score (nSPS) is 10.5. The van der Waals surface area contributed by atoms with Gasteiger partial charge in [-0.15, -0.1) is 0 Å². The van der Waals surface area contributed by atoms with E-state index >= 15 is 0 Å². The Morgan fingerprint density at radius 2 is 1.63 bits per heavy atom. The zero-order valence-corrected chi connectivity index (χ0v) is 19.7. The molecule has 0 radical (unpaired) electrons. The van der Waals surface area contributed by atoms with Crippen molar-refractivity contribution in [2.24, 2.45) is 0 Å². The molecule has 0 spiro atoms. The van der Waals surface area contributed by atoms with Gasteiger partial charge in [0.25, 0.3) is 5.91 Å². The van der Waals surface area contributed by atoms with Crippen molar-refractivity contribution in [3.05, 3.63) is 94.9 Å². The van der Waals surface area contributed by atoms with Crippen molar-refractivity contribution >= 4 is 83.4 Å². The van der Waals surface area contributed by atoms with E-state index in [0.717, 1.165) is 12.5 Å². The lowest BCUT2D eigenvalue weighted by Crippen LogP contribution is -2.16. The molecule has 0 aliphatic heterocycles. The number of anilines is 1. The van der Waals surface area contributed by atoms with E-state index in [1.54, 1.807) is 48.5 Å². The molecule has 7 heteroatoms. The lowest BCUT2D eigenvalue weighted by molar-refractivity contribution is 0.102. The first-order chi connectivity index (χ1) is 12.9. The number of rotatable bonds is 4. The van der Waals surface area contributed by atoms with Crippen molar-refractivity contribution in [1.29, 1.82) is 0 Å². The number of nitrogens with one attached hydrogen (secondary N) is 1. The van der Waals surface area contributed by atoms with E-state index in [1.165, 1.54) is 0 Å². The number of ketones is 1. The molecule has 3 aromatic carbocycles. The van der Waals surface area contributed by atoms with Crippen LogP contribution in [0.4, 0.5) is 5.69 Å². The molecule has 0 heterocycles. The highest BCUT2D eigenvalue weighted by Crippen LogP contribution is 2.29. The molecule has 0 atom stereocenters. The van der Waals surface area contributed by atoms with Gasteiger partial charge >= 0.3 is 0 Å². The van der Waals surface area contributed by atoms with Crippen LogP contribution in [-0.4, -0.2) is 11.7 Å². The van der Waals surface area contributed by atoms with Crippen LogP contribution >= 0.6 is 66.1 Å². The van der Waals surface area contributed by atoms with Gasteiger partial charge in [-0.3, -0.25) is 9.59 Å². The monoisotopic (exact) mass is 617 g/mol. The van der Waals surface area contributed by atoms with Crippen LogP contribution in [0.25, 0.3) is 0 Å². The third kappa shape index (κ3) is 4.80. The molecule has 0 bridgehead atoms. The van der Waals surface area contributed by atoms with Crippen molar-refractivity contribution in [1.82, 2.24) is 0 Å². The number of carbonyl (C=O) groups excluding carboxylic acids is 2. The summed E-state index contributed by atoms with van der Waals surface area (Å²) >= 11 is 15.0. The van der Waals surface area contributed by atoms with Gasteiger partial charge in [0.1, 0.15) is 0 Å². The Hall–Kier alpha value is -1.22. The number of hydrogen-bond acceptors (Lipinski definition) is 2. The van der Waals surface area contributed by atoms with Gasteiger partial charge < -0.3 is 5.32 Å². The topological polar surface area (TPSA) is 46.2 Å². The molecule has 3 nitrogen and oxygen atoms in total. The summed E-state index contributed by atoms with van der Waals surface area (Å²) in [5.74, 6) is -0.524. The molecular weight excluding hydrogens is 608 g/mol. The summed E-state index contributed by atoms with van der Waals surface area (Å²) < 4.78 is 2.36. The Balaban J connectivity index is 1.99. The van der Waals surface area contributed by atoms with Gasteiger partial charge in [-0.1, -0.05) is 57.9 Å². The first-order valence-corrected chi connectivity index (χ1v) is 10.8. The molecule has 0 unspecified atom stereocenters. The molecule has 3 aromatic rings. The van der Waals surface area contributed by atoms with E-state index in [0.29, 0.717) is 27.4 Å². The minimum atomic E-state index is -0.314. The van der Waals surface area contributed by atoms with Gasteiger partial charge in [0.2, 0.25) is 0 Å². The minimum Gasteiger partial charge on any atom is -0.321 e. The summed E-state index contributed by atoms with van der Waals surface area (Å²) in [5.41, 5.74) is 1.76. The molecular formula is C20H11Br2ClINO2. The fraction of sp³-hybridized carbons (Fsp3) is 0. The third-order valence-corrected chi connectivity index (χ3v) is 6.97. The number of hydrogen-bond donors (Lipinski definition) is 1. The van der Waals surface area contributed by atoms with Gasteiger partial charge in [-0.25, -0.2) is 0 Å². The SMILES string of the molecule is O=C(c1ccccc1)c1cc(Cl)ccc1NC(=O)c1cc(Br)cc(Br)c1I. The van der Waals surface area contributed by atoms with Gasteiger partial charge in [0, 0.05) is 28.7 Å². The van der Waals surface area contributed by atoms with Crippen molar-refractivity contribution in [3.8, 4) is 0 Å². The van der Waals surface area contributed by atoms with Crippen molar-refractivity contribution in [2.75, 3.05) is 5.32 Å². The van der Waals surface area contributed by atoms with Crippen molar-refractivity contribution < 1.29 is 9.59 Å². The molecule has 0 fully saturated rings. The van der Waals surface area contributed by atoms with Gasteiger partial charge in [0.15, 0.2) is 5.78 Å². The molecule has 0 aromatic heterocycles. The maximum Gasteiger partial charge on any atom is 0.256 e. The van der Waals surface area contributed by atoms with Gasteiger partial charge in [0.05, 0.1) is 11.3 Å². The van der Waals surface area contributed by atoms with Crippen LogP contribution in [0.1, 0.15) is 26.3 Å². The number of carbonyl (C=O) groups is 2. The maximum atomic E-state index is 12.9. The van der Waals surface area contributed by atoms with Gasteiger partial charge in [-0.2, -0.15) is 0 Å². The minimum absolute atomic E-state index is 0.210. The fourth-order valence-electron chi connectivity index (χ4n) is 2.47. The maximum absolute atomic E-state index is 12.9. The highest BCUT2D eigenvalue weighted by molar-refractivity contribution is 14.1. The molecule has 1 N–H and O–H groups in total. The molecule has 0 aliphatic rings. The van der Waals surface area contributed by atoms with Crippen molar-refractivity contribution in [2.45, 2.75) is 0 Å². The van der Waals surface area contributed by atoms with E-state index in [9.17, 15) is 9.59 Å². The van der Waals surface area contributed by atoms with Crippen LogP contribution in [0.2, 0.25) is 5.02 Å². The van der Waals surface area contributed by atoms with E-state index in [-0.39, 0.29) is 11.7 Å². The van der Waals surface area contributed by atoms with E-state index in [4.69, 9.17) is 11.6 Å². The Morgan fingerprint density at radius 3 is 2.33 bits per heavy atom. The standard InChI is InChI=1S/C20H11Br2ClINO2/c21-12-8-15(18(24)16(22)9-12)20(27)25-17-7-6-13(23)10-14(17)19(26)11-4-2-1-3-5-11/h1-10H,(H,25,27). The summed E-state index contributed by atoms with van der Waals surface area (Å²) in [6.45, 7) is 0. The number of amides is 1. The Kier molecular flexibility index (Phi) is 6.73. The largest absolute Gasteiger partial charge is 0.321 e. The summed E-state index contributed by atoms with van der Waals surface area (Å²) in [6, 6.07) is 17.3. The van der Waals surface area contributed by atoms with E-state index < -0.39 is 0 Å². The van der Waals surface area contributed by atoms with Crippen LogP contribution in [0.5, 0.6) is 0 Å².